The first-order valence-corrected chi connectivity index (χ1v) is 2.28. The molecular formula is C4H6N3O-. The highest BCUT2D eigenvalue weighted by atomic mass is 16.5. The molecule has 8 heavy (non-hydrogen) atoms. The molecule has 0 spiro atoms. The van der Waals surface area contributed by atoms with E-state index in [4.69, 9.17) is 0 Å². The van der Waals surface area contributed by atoms with Crippen molar-refractivity contribution in [2.45, 2.75) is 13.8 Å². The van der Waals surface area contributed by atoms with Crippen LogP contribution in [0.4, 0.5) is 0 Å². The van der Waals surface area contributed by atoms with E-state index in [2.05, 4.69) is 10.2 Å². The van der Waals surface area contributed by atoms with Gasteiger partial charge in [0.1, 0.15) is 11.6 Å². The van der Waals surface area contributed by atoms with Crippen LogP contribution < -0.4 is 0 Å². The zero-order valence-corrected chi connectivity index (χ0v) is 4.75. The summed E-state index contributed by atoms with van der Waals surface area (Å²) >= 11 is 0. The molecular weight excluding hydrogens is 106 g/mol. The molecule has 0 N–H and O–H groups in total. The van der Waals surface area contributed by atoms with Crippen LogP contribution in [0, 0.1) is 19.1 Å². The molecule has 0 amide bonds. The molecule has 1 aromatic rings. The Hall–Kier alpha value is -1.06. The Bertz CT molecular complexity index is 174. The Morgan fingerprint density at radius 1 is 1.25 bits per heavy atom. The van der Waals surface area contributed by atoms with E-state index >= 15 is 0 Å². The second kappa shape index (κ2) is 1.47. The number of nitrogens with zero attached hydrogens (tertiary/aromatic N) is 3. The van der Waals surface area contributed by atoms with Crippen LogP contribution in [-0.4, -0.2) is 14.9 Å². The molecule has 44 valence electrons. The van der Waals surface area contributed by atoms with Crippen LogP contribution in [-0.2, 0) is 0 Å². The van der Waals surface area contributed by atoms with Crippen LogP contribution in [0.3, 0.4) is 0 Å². The van der Waals surface area contributed by atoms with Crippen molar-refractivity contribution in [2.24, 2.45) is 0 Å². The number of hydrogen-bond donors (Lipinski definition) is 0. The van der Waals surface area contributed by atoms with Gasteiger partial charge in [-0.25, -0.2) is 0 Å². The number of aromatic nitrogens is 3. The van der Waals surface area contributed by atoms with Gasteiger partial charge in [0.2, 0.25) is 0 Å². The van der Waals surface area contributed by atoms with Gasteiger partial charge in [-0.3, -0.25) is 0 Å². The lowest BCUT2D eigenvalue weighted by Gasteiger charge is -2.06. The molecule has 0 radical (unpaired) electrons. The summed E-state index contributed by atoms with van der Waals surface area (Å²) in [5.74, 6) is 0.810. The average Bonchev–Trinajstić information content (AvgIpc) is 1.98. The summed E-state index contributed by atoms with van der Waals surface area (Å²) in [6.45, 7) is 3.24. The summed E-state index contributed by atoms with van der Waals surface area (Å²) in [5.41, 5.74) is 0. The largest absolute Gasteiger partial charge is 0.804 e. The normalized spacial score (nSPS) is 9.75. The van der Waals surface area contributed by atoms with Crippen LogP contribution >= 0.6 is 0 Å². The zero-order valence-electron chi connectivity index (χ0n) is 4.75. The fourth-order valence-electron chi connectivity index (χ4n) is 0.460. The summed E-state index contributed by atoms with van der Waals surface area (Å²) in [6.07, 6.45) is 0. The highest BCUT2D eigenvalue weighted by Crippen LogP contribution is 1.93. The maximum atomic E-state index is 10.6. The first kappa shape index (κ1) is 5.08. The molecule has 0 unspecified atom stereocenters. The van der Waals surface area contributed by atoms with Gasteiger partial charge in [-0.1, -0.05) is 0 Å². The van der Waals surface area contributed by atoms with Gasteiger partial charge >= 0.3 is 0 Å². The third-order valence-electron chi connectivity index (χ3n) is 0.927. The van der Waals surface area contributed by atoms with E-state index in [1.165, 1.54) is 0 Å². The molecule has 0 fully saturated rings. The van der Waals surface area contributed by atoms with Crippen molar-refractivity contribution < 1.29 is 0 Å². The van der Waals surface area contributed by atoms with Crippen LogP contribution in [0.1, 0.15) is 11.6 Å². The first-order chi connectivity index (χ1) is 3.72. The molecule has 1 heterocycles. The third-order valence-corrected chi connectivity index (χ3v) is 0.927. The van der Waals surface area contributed by atoms with Gasteiger partial charge in [-0.2, -0.15) is 0 Å². The van der Waals surface area contributed by atoms with Crippen molar-refractivity contribution in [1.29, 1.82) is 0 Å². The molecule has 4 nitrogen and oxygen atoms in total. The van der Waals surface area contributed by atoms with Crippen molar-refractivity contribution >= 4 is 0 Å². The molecule has 0 saturated carbocycles. The summed E-state index contributed by atoms with van der Waals surface area (Å²) in [6, 6.07) is 0. The van der Waals surface area contributed by atoms with E-state index < -0.39 is 0 Å². The quantitative estimate of drug-likeness (QED) is 0.483. The standard InChI is InChI=1S/C4H6N3O/c1-3-5-6-4(2)7(3)8/h1-2H3/q-1. The Kier molecular flexibility index (Phi) is 0.932. The maximum Gasteiger partial charge on any atom is 0.125 e. The molecule has 0 atom stereocenters. The lowest BCUT2D eigenvalue weighted by molar-refractivity contribution is 0.947. The van der Waals surface area contributed by atoms with Gasteiger partial charge in [0, 0.05) is 0 Å². The fraction of sp³-hybridized carbons (Fsp3) is 0.500. The number of hydrogen-bond acceptors (Lipinski definition) is 3. The summed E-state index contributed by atoms with van der Waals surface area (Å²) in [4.78, 5) is 0. The summed E-state index contributed by atoms with van der Waals surface area (Å²) in [5, 5.41) is 17.6. The first-order valence-electron chi connectivity index (χ1n) is 2.28. The molecule has 1 rings (SSSR count). The van der Waals surface area contributed by atoms with Gasteiger partial charge < -0.3 is 9.94 Å². The number of rotatable bonds is 0. The maximum absolute atomic E-state index is 10.6. The smallest absolute Gasteiger partial charge is 0.125 e. The van der Waals surface area contributed by atoms with Crippen molar-refractivity contribution in [3.8, 4) is 0 Å². The molecule has 0 aliphatic heterocycles. The van der Waals surface area contributed by atoms with E-state index in [9.17, 15) is 5.21 Å². The van der Waals surface area contributed by atoms with E-state index in [0.717, 1.165) is 0 Å². The topological polar surface area (TPSA) is 53.8 Å². The Morgan fingerprint density at radius 2 is 1.62 bits per heavy atom. The Morgan fingerprint density at radius 3 is 1.75 bits per heavy atom. The number of aryl methyl sites for hydroxylation is 2. The summed E-state index contributed by atoms with van der Waals surface area (Å²) < 4.78 is 0.694. The van der Waals surface area contributed by atoms with E-state index in [-0.39, 0.29) is 0 Å². The predicted molar refractivity (Wildman–Crippen MR) is 28.3 cm³/mol. The minimum Gasteiger partial charge on any atom is -0.804 e. The zero-order chi connectivity index (χ0) is 6.15. The van der Waals surface area contributed by atoms with Crippen molar-refractivity contribution in [1.82, 2.24) is 14.9 Å². The van der Waals surface area contributed by atoms with Gasteiger partial charge in [0.15, 0.2) is 0 Å². The second-order valence-corrected chi connectivity index (χ2v) is 1.59. The van der Waals surface area contributed by atoms with Gasteiger partial charge in [-0.05, 0) is 13.8 Å². The minimum atomic E-state index is 0.405. The minimum absolute atomic E-state index is 0.405. The lowest BCUT2D eigenvalue weighted by Crippen LogP contribution is -1.90. The van der Waals surface area contributed by atoms with Crippen molar-refractivity contribution in [2.75, 3.05) is 0 Å². The monoisotopic (exact) mass is 112 g/mol. The van der Waals surface area contributed by atoms with E-state index in [1.54, 1.807) is 13.8 Å². The molecule has 0 saturated heterocycles. The van der Waals surface area contributed by atoms with Crippen LogP contribution in [0.5, 0.6) is 0 Å². The molecule has 0 aliphatic rings. The van der Waals surface area contributed by atoms with Crippen molar-refractivity contribution in [3.63, 3.8) is 0 Å². The van der Waals surface area contributed by atoms with E-state index in [1.807, 2.05) is 0 Å². The Balaban J connectivity index is 3.19. The highest BCUT2D eigenvalue weighted by molar-refractivity contribution is 4.92. The van der Waals surface area contributed by atoms with Gasteiger partial charge in [0.25, 0.3) is 0 Å². The molecule has 1 aromatic heterocycles. The predicted octanol–water partition coefficient (Wildman–Crippen LogP) is 0.241. The Labute approximate surface area is 46.7 Å². The van der Waals surface area contributed by atoms with Gasteiger partial charge in [0.05, 0.1) is 0 Å². The van der Waals surface area contributed by atoms with Crippen LogP contribution in [0.15, 0.2) is 0 Å². The SMILES string of the molecule is Cc1nnc(C)n1[O-]. The highest BCUT2D eigenvalue weighted by Gasteiger charge is 1.91. The lowest BCUT2D eigenvalue weighted by atomic mass is 10.7. The van der Waals surface area contributed by atoms with Crippen LogP contribution in [0.2, 0.25) is 0 Å². The van der Waals surface area contributed by atoms with Crippen molar-refractivity contribution in [3.05, 3.63) is 16.9 Å². The second-order valence-electron chi connectivity index (χ2n) is 1.59. The molecule has 4 heteroatoms. The molecule has 0 bridgehead atoms. The summed E-state index contributed by atoms with van der Waals surface area (Å²) in [7, 11) is 0. The van der Waals surface area contributed by atoms with Gasteiger partial charge in [-0.15, -0.1) is 10.2 Å². The fourth-order valence-corrected chi connectivity index (χ4v) is 0.460. The molecule has 0 aliphatic carbocycles. The van der Waals surface area contributed by atoms with E-state index in [0.29, 0.717) is 16.4 Å². The average molecular weight is 112 g/mol. The van der Waals surface area contributed by atoms with Crippen LogP contribution in [0.25, 0.3) is 0 Å². The third kappa shape index (κ3) is 0.538. The molecule has 0 aromatic carbocycles.